The molecular weight excluding hydrogens is 304 g/mol. The number of benzene rings is 2. The number of primary amides is 1. The molecule has 3 rings (SSSR count). The molecule has 0 unspecified atom stereocenters. The van der Waals surface area contributed by atoms with Crippen molar-refractivity contribution in [3.63, 3.8) is 0 Å². The maximum Gasteiger partial charge on any atom is 0.237 e. The second-order valence-electron chi connectivity index (χ2n) is 5.63. The number of para-hydroxylation sites is 3. The summed E-state index contributed by atoms with van der Waals surface area (Å²) < 4.78 is 9.28. The summed E-state index contributed by atoms with van der Waals surface area (Å²) in [4.78, 5) is 11.3. The van der Waals surface area contributed by atoms with Crippen LogP contribution in [-0.4, -0.2) is 21.6 Å². The van der Waals surface area contributed by atoms with Gasteiger partial charge in [0, 0.05) is 0 Å². The second-order valence-corrected chi connectivity index (χ2v) is 5.63. The first kappa shape index (κ1) is 15.9. The zero-order valence-corrected chi connectivity index (χ0v) is 13.5. The first-order valence-electron chi connectivity index (χ1n) is 7.77. The monoisotopic (exact) mass is 324 g/mol. The van der Waals surface area contributed by atoms with Crippen molar-refractivity contribution in [2.75, 3.05) is 6.61 Å². The van der Waals surface area contributed by atoms with Gasteiger partial charge in [-0.2, -0.15) is 0 Å². The minimum Gasteiger partial charge on any atom is -0.491 e. The van der Waals surface area contributed by atoms with Crippen LogP contribution in [0.1, 0.15) is 5.56 Å². The van der Waals surface area contributed by atoms with Crippen molar-refractivity contribution in [3.8, 4) is 5.75 Å². The van der Waals surface area contributed by atoms with E-state index in [1.807, 2.05) is 60.0 Å². The molecule has 0 aliphatic rings. The third kappa shape index (κ3) is 3.03. The van der Waals surface area contributed by atoms with Crippen LogP contribution in [0.3, 0.4) is 0 Å². The number of carbonyl (C=O) groups excluding carboxylic acids is 1. The zero-order valence-electron chi connectivity index (χ0n) is 13.5. The number of hydrogen-bond donors (Lipinski definition) is 2. The fourth-order valence-electron chi connectivity index (χ4n) is 2.80. The molecule has 3 aromatic rings. The van der Waals surface area contributed by atoms with Crippen molar-refractivity contribution in [3.05, 3.63) is 59.7 Å². The first-order valence-corrected chi connectivity index (χ1v) is 7.77. The lowest BCUT2D eigenvalue weighted by molar-refractivity contribution is -0.118. The van der Waals surface area contributed by atoms with Crippen LogP contribution >= 0.6 is 0 Å². The van der Waals surface area contributed by atoms with Gasteiger partial charge in [0.25, 0.3) is 0 Å². The van der Waals surface area contributed by atoms with Gasteiger partial charge in [0.1, 0.15) is 18.9 Å². The van der Waals surface area contributed by atoms with Gasteiger partial charge in [0.2, 0.25) is 11.5 Å². The molecule has 0 aliphatic carbocycles. The molecule has 0 saturated heterocycles. The van der Waals surface area contributed by atoms with Crippen LogP contribution in [0.2, 0.25) is 0 Å². The number of nitrogens with one attached hydrogen (secondary N) is 1. The molecule has 0 fully saturated rings. The van der Waals surface area contributed by atoms with Gasteiger partial charge < -0.3 is 19.6 Å². The summed E-state index contributed by atoms with van der Waals surface area (Å²) in [6.45, 7) is 2.94. The Balaban J connectivity index is 1.87. The number of ether oxygens (including phenoxy) is 1. The number of aryl methyl sites for hydroxylation is 1. The Morgan fingerprint density at radius 2 is 1.71 bits per heavy atom. The zero-order chi connectivity index (χ0) is 17.1. The van der Waals surface area contributed by atoms with Crippen LogP contribution in [0.4, 0.5) is 0 Å². The Labute approximate surface area is 139 Å². The molecule has 0 radical (unpaired) electrons. The highest BCUT2D eigenvalue weighted by atomic mass is 16.5. The van der Waals surface area contributed by atoms with Gasteiger partial charge in [0.05, 0.1) is 17.6 Å². The summed E-state index contributed by atoms with van der Waals surface area (Å²) in [6.07, 6.45) is 0. The number of carbonyl (C=O) groups is 1. The van der Waals surface area contributed by atoms with Crippen molar-refractivity contribution < 1.29 is 9.53 Å². The number of hydrogen-bond acceptors (Lipinski definition) is 3. The van der Waals surface area contributed by atoms with Crippen molar-refractivity contribution >= 4 is 16.9 Å². The molecule has 1 aromatic heterocycles. The Morgan fingerprint density at radius 1 is 1.08 bits per heavy atom. The number of aromatic nitrogens is 2. The molecule has 6 nitrogen and oxygen atoms in total. The molecule has 3 N–H and O–H groups in total. The largest absolute Gasteiger partial charge is 0.491 e. The van der Waals surface area contributed by atoms with Gasteiger partial charge >= 0.3 is 0 Å². The fourth-order valence-corrected chi connectivity index (χ4v) is 2.80. The predicted octanol–water partition coefficient (Wildman–Crippen LogP) is 1.79. The van der Waals surface area contributed by atoms with Crippen LogP contribution in [0.5, 0.6) is 5.75 Å². The van der Waals surface area contributed by atoms with Gasteiger partial charge in [-0.1, -0.05) is 30.3 Å². The lowest BCUT2D eigenvalue weighted by Gasteiger charge is -2.10. The molecule has 0 saturated carbocycles. The van der Waals surface area contributed by atoms with E-state index >= 15 is 0 Å². The summed E-state index contributed by atoms with van der Waals surface area (Å²) >= 11 is 0. The average molecular weight is 324 g/mol. The van der Waals surface area contributed by atoms with Gasteiger partial charge in [-0.15, -0.1) is 0 Å². The van der Waals surface area contributed by atoms with Crippen LogP contribution in [0.25, 0.3) is 11.0 Å². The Bertz CT molecular complexity index is 940. The van der Waals surface area contributed by atoms with E-state index in [2.05, 4.69) is 0 Å². The number of rotatable bonds is 6. The molecule has 2 aromatic carbocycles. The number of fused-ring (bicyclic) bond motifs is 1. The lowest BCUT2D eigenvalue weighted by Crippen LogP contribution is -2.30. The molecule has 0 aliphatic heterocycles. The molecule has 1 heterocycles. The van der Waals surface area contributed by atoms with Crippen LogP contribution in [-0.2, 0) is 17.9 Å². The van der Waals surface area contributed by atoms with E-state index in [0.29, 0.717) is 13.2 Å². The maximum absolute atomic E-state index is 11.3. The van der Waals surface area contributed by atoms with Gasteiger partial charge in [-0.25, -0.2) is 0 Å². The summed E-state index contributed by atoms with van der Waals surface area (Å²) in [6, 6.07) is 15.4. The third-order valence-corrected chi connectivity index (χ3v) is 3.95. The number of nitrogens with two attached hydrogens (primary N) is 1. The first-order chi connectivity index (χ1) is 11.6. The van der Waals surface area contributed by atoms with Crippen molar-refractivity contribution in [2.24, 2.45) is 5.73 Å². The highest BCUT2D eigenvalue weighted by Crippen LogP contribution is 2.17. The third-order valence-electron chi connectivity index (χ3n) is 3.95. The number of amides is 1. The molecule has 0 spiro atoms. The number of nitrogens with zero attached hydrogens (tertiary/aromatic N) is 2. The van der Waals surface area contributed by atoms with E-state index in [0.717, 1.165) is 22.3 Å². The topological polar surface area (TPSA) is 86.0 Å². The summed E-state index contributed by atoms with van der Waals surface area (Å²) in [5, 5.41) is 8.36. The van der Waals surface area contributed by atoms with Crippen LogP contribution < -0.4 is 16.1 Å². The fraction of sp³-hybridized carbons (Fsp3) is 0.222. The molecule has 24 heavy (non-hydrogen) atoms. The standard InChI is InChI=1S/C18H20N4O2/c1-13-6-2-5-9-16(13)24-11-10-21-14-7-3-4-8-15(14)22(18(21)20)12-17(19)23/h2-9,20H,10-12H2,1H3,(H2,19,23). The van der Waals surface area contributed by atoms with E-state index in [1.165, 1.54) is 0 Å². The Morgan fingerprint density at radius 3 is 2.38 bits per heavy atom. The quantitative estimate of drug-likeness (QED) is 0.724. The van der Waals surface area contributed by atoms with Gasteiger partial charge in [-0.3, -0.25) is 10.2 Å². The molecule has 124 valence electrons. The molecular formula is C18H20N4O2. The lowest BCUT2D eigenvalue weighted by atomic mass is 10.2. The van der Waals surface area contributed by atoms with E-state index < -0.39 is 5.91 Å². The molecule has 6 heteroatoms. The van der Waals surface area contributed by atoms with Gasteiger partial charge in [0.15, 0.2) is 0 Å². The van der Waals surface area contributed by atoms with Crippen molar-refractivity contribution in [2.45, 2.75) is 20.0 Å². The van der Waals surface area contributed by atoms with Crippen LogP contribution in [0, 0.1) is 12.3 Å². The van der Waals surface area contributed by atoms with E-state index in [-0.39, 0.29) is 12.2 Å². The smallest absolute Gasteiger partial charge is 0.237 e. The molecule has 0 bridgehead atoms. The van der Waals surface area contributed by atoms with E-state index in [4.69, 9.17) is 15.9 Å². The SMILES string of the molecule is Cc1ccccc1OCCn1c(=N)n(CC(N)=O)c2ccccc21. The van der Waals surface area contributed by atoms with E-state index in [1.54, 1.807) is 4.57 Å². The second kappa shape index (κ2) is 6.62. The predicted molar refractivity (Wildman–Crippen MR) is 91.7 cm³/mol. The van der Waals surface area contributed by atoms with Crippen LogP contribution in [0.15, 0.2) is 48.5 Å². The minimum absolute atomic E-state index is 0.00893. The highest BCUT2D eigenvalue weighted by molar-refractivity contribution is 5.79. The highest BCUT2D eigenvalue weighted by Gasteiger charge is 2.12. The molecule has 0 atom stereocenters. The minimum atomic E-state index is -0.465. The maximum atomic E-state index is 11.3. The van der Waals surface area contributed by atoms with Crippen molar-refractivity contribution in [1.82, 2.24) is 9.13 Å². The summed E-state index contributed by atoms with van der Waals surface area (Å²) in [7, 11) is 0. The summed E-state index contributed by atoms with van der Waals surface area (Å²) in [5.74, 6) is 0.373. The van der Waals surface area contributed by atoms with E-state index in [9.17, 15) is 4.79 Å². The number of imidazole rings is 1. The van der Waals surface area contributed by atoms with Gasteiger partial charge in [-0.05, 0) is 30.7 Å². The Kier molecular flexibility index (Phi) is 4.37. The average Bonchev–Trinajstić information content (AvgIpc) is 2.82. The summed E-state index contributed by atoms with van der Waals surface area (Å²) in [5.41, 5.74) is 8.33. The Hall–Kier alpha value is -3.02. The normalized spacial score (nSPS) is 10.9. The van der Waals surface area contributed by atoms with Crippen molar-refractivity contribution in [1.29, 1.82) is 5.41 Å². The molecule has 1 amide bonds.